The summed E-state index contributed by atoms with van der Waals surface area (Å²) < 4.78 is 1.73. The zero-order chi connectivity index (χ0) is 14.9. The Balaban J connectivity index is 2.11. The smallest absolute Gasteiger partial charge is 0.130 e. The van der Waals surface area contributed by atoms with E-state index in [0.29, 0.717) is 5.15 Å². The standard InChI is InChI=1S/C15H27ClN4/c1-11-12(14(16)19(4)18-11)10-13(17)15(2,3)20-8-6-5-7-9-20/h13H,5-10,17H2,1-4H3. The number of aromatic nitrogens is 2. The molecule has 0 aliphatic carbocycles. The van der Waals surface area contributed by atoms with Gasteiger partial charge in [0.2, 0.25) is 0 Å². The third-order valence-corrected chi connectivity index (χ3v) is 5.25. The number of aryl methyl sites for hydroxylation is 2. The quantitative estimate of drug-likeness (QED) is 0.929. The molecule has 1 fully saturated rings. The molecule has 0 radical (unpaired) electrons. The topological polar surface area (TPSA) is 47.1 Å². The summed E-state index contributed by atoms with van der Waals surface area (Å²) in [5.41, 5.74) is 8.59. The molecule has 0 amide bonds. The molecular formula is C15H27ClN4. The zero-order valence-electron chi connectivity index (χ0n) is 13.1. The molecule has 0 spiro atoms. The number of nitrogens with zero attached hydrogens (tertiary/aromatic N) is 3. The molecule has 0 bridgehead atoms. The van der Waals surface area contributed by atoms with Gasteiger partial charge in [0.25, 0.3) is 0 Å². The van der Waals surface area contributed by atoms with Gasteiger partial charge in [0.1, 0.15) is 5.15 Å². The van der Waals surface area contributed by atoms with E-state index >= 15 is 0 Å². The van der Waals surface area contributed by atoms with Crippen molar-refractivity contribution in [3.05, 3.63) is 16.4 Å². The Morgan fingerprint density at radius 2 is 1.90 bits per heavy atom. The predicted octanol–water partition coefficient (Wildman–Crippen LogP) is 2.52. The largest absolute Gasteiger partial charge is 0.326 e. The number of likely N-dealkylation sites (tertiary alicyclic amines) is 1. The second kappa shape index (κ2) is 6.04. The van der Waals surface area contributed by atoms with E-state index in [1.165, 1.54) is 19.3 Å². The van der Waals surface area contributed by atoms with Crippen LogP contribution in [0.25, 0.3) is 0 Å². The van der Waals surface area contributed by atoms with Crippen LogP contribution in [0.2, 0.25) is 5.15 Å². The SMILES string of the molecule is Cc1nn(C)c(Cl)c1CC(N)C(C)(C)N1CCCCC1. The fourth-order valence-corrected chi connectivity index (χ4v) is 3.33. The Hall–Kier alpha value is -0.580. The minimum absolute atomic E-state index is 0.00791. The lowest BCUT2D eigenvalue weighted by atomic mass is 9.87. The van der Waals surface area contributed by atoms with Crippen molar-refractivity contribution in [1.29, 1.82) is 0 Å². The van der Waals surface area contributed by atoms with Crippen molar-refractivity contribution in [2.24, 2.45) is 12.8 Å². The molecule has 2 N–H and O–H groups in total. The van der Waals surface area contributed by atoms with Gasteiger partial charge in [0, 0.05) is 24.2 Å². The van der Waals surface area contributed by atoms with Crippen LogP contribution in [0.5, 0.6) is 0 Å². The van der Waals surface area contributed by atoms with Crippen LogP contribution in [-0.4, -0.2) is 39.4 Å². The van der Waals surface area contributed by atoms with Gasteiger partial charge in [-0.3, -0.25) is 9.58 Å². The van der Waals surface area contributed by atoms with Crippen molar-refractivity contribution in [3.63, 3.8) is 0 Å². The summed E-state index contributed by atoms with van der Waals surface area (Å²) in [6.45, 7) is 8.81. The number of rotatable bonds is 4. The Labute approximate surface area is 127 Å². The molecule has 20 heavy (non-hydrogen) atoms. The van der Waals surface area contributed by atoms with Gasteiger partial charge in [-0.05, 0) is 53.1 Å². The molecule has 0 aromatic carbocycles. The van der Waals surface area contributed by atoms with Gasteiger partial charge in [-0.1, -0.05) is 18.0 Å². The summed E-state index contributed by atoms with van der Waals surface area (Å²) in [7, 11) is 1.88. The lowest BCUT2D eigenvalue weighted by molar-refractivity contribution is 0.0731. The third kappa shape index (κ3) is 3.02. The summed E-state index contributed by atoms with van der Waals surface area (Å²) in [5.74, 6) is 0. The molecule has 0 saturated carbocycles. The molecule has 114 valence electrons. The Bertz CT molecular complexity index is 461. The lowest BCUT2D eigenvalue weighted by Gasteiger charge is -2.44. The van der Waals surface area contributed by atoms with E-state index in [0.717, 1.165) is 30.8 Å². The Kier molecular flexibility index (Phi) is 4.77. The number of piperidine rings is 1. The number of halogens is 1. The fourth-order valence-electron chi connectivity index (χ4n) is 3.08. The second-order valence-corrected chi connectivity index (χ2v) is 6.85. The molecule has 1 aromatic rings. The fraction of sp³-hybridized carbons (Fsp3) is 0.800. The highest BCUT2D eigenvalue weighted by molar-refractivity contribution is 6.30. The van der Waals surface area contributed by atoms with Crippen molar-refractivity contribution in [3.8, 4) is 0 Å². The van der Waals surface area contributed by atoms with Crippen LogP contribution in [0, 0.1) is 6.92 Å². The average Bonchev–Trinajstić information content (AvgIpc) is 2.66. The second-order valence-electron chi connectivity index (χ2n) is 6.49. The van der Waals surface area contributed by atoms with Crippen LogP contribution >= 0.6 is 11.6 Å². The molecule has 5 heteroatoms. The van der Waals surface area contributed by atoms with Crippen molar-refractivity contribution in [2.75, 3.05) is 13.1 Å². The van der Waals surface area contributed by atoms with Crippen molar-refractivity contribution in [2.45, 2.75) is 58.0 Å². The van der Waals surface area contributed by atoms with Crippen LogP contribution < -0.4 is 5.73 Å². The van der Waals surface area contributed by atoms with Gasteiger partial charge in [0.15, 0.2) is 0 Å². The first-order chi connectivity index (χ1) is 9.34. The predicted molar refractivity (Wildman–Crippen MR) is 84.1 cm³/mol. The maximum absolute atomic E-state index is 6.52. The highest BCUT2D eigenvalue weighted by atomic mass is 35.5. The average molecular weight is 299 g/mol. The molecule has 2 heterocycles. The molecule has 4 nitrogen and oxygen atoms in total. The monoisotopic (exact) mass is 298 g/mol. The Morgan fingerprint density at radius 1 is 1.30 bits per heavy atom. The van der Waals surface area contributed by atoms with E-state index in [1.54, 1.807) is 4.68 Å². The number of hydrogen-bond acceptors (Lipinski definition) is 3. The summed E-state index contributed by atoms with van der Waals surface area (Å²) in [6, 6.07) is 0.0565. The number of hydrogen-bond donors (Lipinski definition) is 1. The highest BCUT2D eigenvalue weighted by Crippen LogP contribution is 2.27. The molecule has 1 aliphatic rings. The first-order valence-electron chi connectivity index (χ1n) is 7.52. The van der Waals surface area contributed by atoms with Crippen LogP contribution in [0.1, 0.15) is 44.4 Å². The minimum Gasteiger partial charge on any atom is -0.326 e. The van der Waals surface area contributed by atoms with Crippen molar-refractivity contribution in [1.82, 2.24) is 14.7 Å². The van der Waals surface area contributed by atoms with Gasteiger partial charge in [0.05, 0.1) is 5.69 Å². The van der Waals surface area contributed by atoms with E-state index in [9.17, 15) is 0 Å². The summed E-state index contributed by atoms with van der Waals surface area (Å²) >= 11 is 6.33. The molecule has 1 atom stereocenters. The first kappa shape index (κ1) is 15.8. The summed E-state index contributed by atoms with van der Waals surface area (Å²) in [5, 5.41) is 5.09. The molecule has 1 saturated heterocycles. The van der Waals surface area contributed by atoms with Crippen molar-refractivity contribution < 1.29 is 0 Å². The molecule has 1 unspecified atom stereocenters. The van der Waals surface area contributed by atoms with E-state index < -0.39 is 0 Å². The normalized spacial score (nSPS) is 19.3. The molecular weight excluding hydrogens is 272 g/mol. The maximum atomic E-state index is 6.52. The first-order valence-corrected chi connectivity index (χ1v) is 7.90. The van der Waals surface area contributed by atoms with Gasteiger partial charge in [-0.15, -0.1) is 0 Å². The molecule has 1 aliphatic heterocycles. The third-order valence-electron chi connectivity index (χ3n) is 4.77. The van der Waals surface area contributed by atoms with Gasteiger partial charge in [-0.25, -0.2) is 0 Å². The highest BCUT2D eigenvalue weighted by Gasteiger charge is 2.34. The lowest BCUT2D eigenvalue weighted by Crippen LogP contribution is -2.58. The van der Waals surface area contributed by atoms with Crippen LogP contribution in [0.15, 0.2) is 0 Å². The van der Waals surface area contributed by atoms with Gasteiger partial charge in [-0.2, -0.15) is 5.10 Å². The van der Waals surface area contributed by atoms with Crippen molar-refractivity contribution >= 4 is 11.6 Å². The molecule has 2 rings (SSSR count). The maximum Gasteiger partial charge on any atom is 0.130 e. The van der Waals surface area contributed by atoms with Crippen LogP contribution in [-0.2, 0) is 13.5 Å². The van der Waals surface area contributed by atoms with E-state index in [4.69, 9.17) is 17.3 Å². The van der Waals surface area contributed by atoms with Crippen LogP contribution in [0.3, 0.4) is 0 Å². The number of nitrogens with two attached hydrogens (primary N) is 1. The zero-order valence-corrected chi connectivity index (χ0v) is 13.9. The summed E-state index contributed by atoms with van der Waals surface area (Å²) in [4.78, 5) is 2.53. The van der Waals surface area contributed by atoms with E-state index in [-0.39, 0.29) is 11.6 Å². The van der Waals surface area contributed by atoms with Gasteiger partial charge < -0.3 is 5.73 Å². The van der Waals surface area contributed by atoms with Gasteiger partial charge >= 0.3 is 0 Å². The van der Waals surface area contributed by atoms with Crippen LogP contribution in [0.4, 0.5) is 0 Å². The molecule has 1 aromatic heterocycles. The van der Waals surface area contributed by atoms with E-state index in [2.05, 4.69) is 23.8 Å². The minimum atomic E-state index is -0.00791. The summed E-state index contributed by atoms with van der Waals surface area (Å²) in [6.07, 6.45) is 4.68. The Morgan fingerprint density at radius 3 is 2.40 bits per heavy atom. The van der Waals surface area contributed by atoms with E-state index in [1.807, 2.05) is 14.0 Å².